The van der Waals surface area contributed by atoms with E-state index in [4.69, 9.17) is 0 Å². The van der Waals surface area contributed by atoms with Crippen LogP contribution in [0.2, 0.25) is 0 Å². The first-order valence-electron chi connectivity index (χ1n) is 6.48. The summed E-state index contributed by atoms with van der Waals surface area (Å²) < 4.78 is 36.8. The number of rotatable bonds is 4. The maximum absolute atomic E-state index is 12.6. The number of hydrogen-bond acceptors (Lipinski definition) is 6. The zero-order valence-corrected chi connectivity index (χ0v) is 14.7. The zero-order valence-electron chi connectivity index (χ0n) is 13.0. The maximum atomic E-state index is 12.6. The number of carbonyl (C=O) groups excluding carboxylic acids is 1. The van der Waals surface area contributed by atoms with E-state index in [0.717, 1.165) is 10.9 Å². The summed E-state index contributed by atoms with van der Waals surface area (Å²) in [6.07, 6.45) is 3.60. The molecule has 1 aromatic carbocycles. The highest BCUT2D eigenvalue weighted by Gasteiger charge is 2.28. The third kappa shape index (κ3) is 3.12. The van der Waals surface area contributed by atoms with Gasteiger partial charge in [0, 0.05) is 24.4 Å². The van der Waals surface area contributed by atoms with Gasteiger partial charge in [-0.2, -0.15) is 5.10 Å². The van der Waals surface area contributed by atoms with E-state index >= 15 is 0 Å². The summed E-state index contributed by atoms with van der Waals surface area (Å²) >= 11 is -1.60. The molecule has 0 spiro atoms. The van der Waals surface area contributed by atoms with Crippen LogP contribution in [-0.4, -0.2) is 46.2 Å². The lowest BCUT2D eigenvalue weighted by atomic mass is 10.0. The average Bonchev–Trinajstić information content (AvgIpc) is 2.76. The van der Waals surface area contributed by atoms with Crippen LogP contribution in [0.25, 0.3) is 0 Å². The third-order valence-corrected chi connectivity index (χ3v) is 5.82. The predicted molar refractivity (Wildman–Crippen MR) is 84.9 cm³/mol. The first-order chi connectivity index (χ1) is 10.6. The molecular weight excluding hydrogens is 340 g/mol. The Bertz CT molecular complexity index is 885. The molecule has 0 aliphatic carbocycles. The summed E-state index contributed by atoms with van der Waals surface area (Å²) in [7, 11) is -2.10. The minimum Gasteiger partial charge on any atom is -0.612 e. The molecule has 0 radical (unpaired) electrons. The summed E-state index contributed by atoms with van der Waals surface area (Å²) in [5, 5.41) is 13.6. The Morgan fingerprint density at radius 3 is 2.39 bits per heavy atom. The smallest absolute Gasteiger partial charge is 0.220 e. The number of aromatic hydroxyl groups is 1. The van der Waals surface area contributed by atoms with Crippen LogP contribution in [0.5, 0.6) is 5.88 Å². The van der Waals surface area contributed by atoms with Gasteiger partial charge in [-0.15, -0.1) is 0 Å². The molecule has 9 heteroatoms. The van der Waals surface area contributed by atoms with Gasteiger partial charge in [0.25, 0.3) is 0 Å². The number of carbonyl (C=O) groups is 1. The largest absolute Gasteiger partial charge is 0.612 e. The minimum atomic E-state index is -3.58. The van der Waals surface area contributed by atoms with Gasteiger partial charge in [-0.25, -0.2) is 13.1 Å². The van der Waals surface area contributed by atoms with Crippen molar-refractivity contribution in [3.8, 4) is 5.88 Å². The summed E-state index contributed by atoms with van der Waals surface area (Å²) in [5.41, 5.74) is 0.475. The van der Waals surface area contributed by atoms with E-state index in [1.807, 2.05) is 0 Å². The fraction of sp³-hybridized carbons (Fsp3) is 0.286. The quantitative estimate of drug-likeness (QED) is 0.641. The van der Waals surface area contributed by atoms with E-state index in [-0.39, 0.29) is 26.8 Å². The van der Waals surface area contributed by atoms with Gasteiger partial charge in [0.05, 0.1) is 6.20 Å². The van der Waals surface area contributed by atoms with Crippen LogP contribution in [-0.2, 0) is 28.1 Å². The molecule has 1 aromatic heterocycles. The van der Waals surface area contributed by atoms with Gasteiger partial charge >= 0.3 is 0 Å². The normalized spacial score (nSPS) is 13.1. The number of benzene rings is 1. The Labute approximate surface area is 137 Å². The van der Waals surface area contributed by atoms with Crippen LogP contribution in [0.1, 0.15) is 21.5 Å². The first-order valence-corrected chi connectivity index (χ1v) is 9.93. The van der Waals surface area contributed by atoms with Gasteiger partial charge < -0.3 is 9.66 Å². The zero-order chi connectivity index (χ0) is 17.5. The van der Waals surface area contributed by atoms with Crippen LogP contribution in [0, 0.1) is 6.92 Å². The lowest BCUT2D eigenvalue weighted by Crippen LogP contribution is -2.13. The van der Waals surface area contributed by atoms with E-state index in [9.17, 15) is 22.9 Å². The van der Waals surface area contributed by atoms with Gasteiger partial charge in [-0.05, 0) is 30.2 Å². The van der Waals surface area contributed by atoms with Crippen molar-refractivity contribution >= 4 is 26.8 Å². The second kappa shape index (κ2) is 5.99. The fourth-order valence-corrected chi connectivity index (χ4v) is 4.80. The monoisotopic (exact) mass is 356 g/mol. The van der Waals surface area contributed by atoms with Gasteiger partial charge in [-0.3, -0.25) is 4.79 Å². The van der Waals surface area contributed by atoms with Gasteiger partial charge in [-0.1, -0.05) is 0 Å². The van der Waals surface area contributed by atoms with Crippen LogP contribution in [0.15, 0.2) is 28.1 Å². The highest BCUT2D eigenvalue weighted by molar-refractivity contribution is 7.93. The number of nitrogens with zero attached hydrogens (tertiary/aromatic N) is 2. The molecule has 2 rings (SSSR count). The van der Waals surface area contributed by atoms with Crippen LogP contribution < -0.4 is 0 Å². The van der Waals surface area contributed by atoms with Crippen molar-refractivity contribution in [3.05, 3.63) is 35.0 Å². The molecule has 23 heavy (non-hydrogen) atoms. The first kappa shape index (κ1) is 17.5. The van der Waals surface area contributed by atoms with Gasteiger partial charge in [0.15, 0.2) is 14.7 Å². The van der Waals surface area contributed by atoms with Crippen molar-refractivity contribution < 1.29 is 22.9 Å². The molecule has 0 bridgehead atoms. The molecule has 7 nitrogen and oxygen atoms in total. The van der Waals surface area contributed by atoms with Crippen molar-refractivity contribution in [2.75, 3.05) is 12.5 Å². The van der Waals surface area contributed by atoms with E-state index in [1.54, 1.807) is 0 Å². The van der Waals surface area contributed by atoms with Crippen molar-refractivity contribution in [1.82, 2.24) is 9.78 Å². The summed E-state index contributed by atoms with van der Waals surface area (Å²) in [6, 6.07) is 2.62. The van der Waals surface area contributed by atoms with Crippen molar-refractivity contribution in [3.63, 3.8) is 0 Å². The number of aromatic nitrogens is 2. The molecule has 0 saturated carbocycles. The Hall–Kier alpha value is -1.84. The molecule has 0 aliphatic rings. The maximum Gasteiger partial charge on any atom is 0.220 e. The average molecular weight is 356 g/mol. The summed E-state index contributed by atoms with van der Waals surface area (Å²) in [6.45, 7) is 1.53. The van der Waals surface area contributed by atoms with Crippen LogP contribution >= 0.6 is 0 Å². The van der Waals surface area contributed by atoms with E-state index < -0.39 is 26.8 Å². The molecule has 1 unspecified atom stereocenters. The lowest BCUT2D eigenvalue weighted by Gasteiger charge is -2.14. The second-order valence-corrected chi connectivity index (χ2v) is 8.43. The standard InChI is InChI=1S/C14H16N2O5S2/c1-8-9(12(17)10-7-15-16(2)14(10)18)5-6-11(23(4,20)21)13(8)22(3)19/h5-7,18H,1-4H3. The predicted octanol–water partition coefficient (Wildman–Crippen LogP) is 0.806. The van der Waals surface area contributed by atoms with Crippen LogP contribution in [0.3, 0.4) is 0 Å². The van der Waals surface area contributed by atoms with Gasteiger partial charge in [0.2, 0.25) is 11.7 Å². The van der Waals surface area contributed by atoms with Crippen LogP contribution in [0.4, 0.5) is 0 Å². The molecule has 2 aromatic rings. The topological polar surface area (TPSA) is 112 Å². The summed E-state index contributed by atoms with van der Waals surface area (Å²) in [5.74, 6) is -0.805. The Balaban J connectivity index is 2.69. The Kier molecular flexibility index (Phi) is 4.56. The number of sulfone groups is 1. The highest BCUT2D eigenvalue weighted by Crippen LogP contribution is 2.30. The van der Waals surface area contributed by atoms with Crippen molar-refractivity contribution in [2.45, 2.75) is 16.7 Å². The second-order valence-electron chi connectivity index (χ2n) is 5.13. The van der Waals surface area contributed by atoms with E-state index in [2.05, 4.69) is 5.10 Å². The number of ketones is 1. The molecule has 1 N–H and O–H groups in total. The Morgan fingerprint density at radius 2 is 1.96 bits per heavy atom. The molecule has 0 amide bonds. The van der Waals surface area contributed by atoms with Crippen molar-refractivity contribution in [1.29, 1.82) is 0 Å². The molecular formula is C14H16N2O5S2. The van der Waals surface area contributed by atoms with Gasteiger partial charge in [0.1, 0.15) is 16.7 Å². The minimum absolute atomic E-state index is 0.00413. The van der Waals surface area contributed by atoms with Crippen molar-refractivity contribution in [2.24, 2.45) is 7.05 Å². The molecule has 1 heterocycles. The van der Waals surface area contributed by atoms with E-state index in [0.29, 0.717) is 5.56 Å². The molecule has 0 fully saturated rings. The molecule has 1 atom stereocenters. The number of aryl methyl sites for hydroxylation is 1. The molecule has 124 valence electrons. The Morgan fingerprint density at radius 1 is 1.35 bits per heavy atom. The summed E-state index contributed by atoms with van der Waals surface area (Å²) in [4.78, 5) is 12.6. The fourth-order valence-electron chi connectivity index (χ4n) is 2.30. The lowest BCUT2D eigenvalue weighted by molar-refractivity contribution is 0.103. The number of hydrogen-bond donors (Lipinski definition) is 1. The SMILES string of the molecule is Cc1c(C(=O)c2cnn(C)c2O)ccc(S(C)(=O)=O)c1[S+](C)[O-]. The highest BCUT2D eigenvalue weighted by atomic mass is 32.2. The van der Waals surface area contributed by atoms with E-state index in [1.165, 1.54) is 38.6 Å². The molecule has 0 saturated heterocycles. The molecule has 0 aliphatic heterocycles. The third-order valence-electron chi connectivity index (χ3n) is 3.45.